The molecule has 8 rings (SSSR count). The minimum Gasteiger partial charge on any atom is -0.489 e. The fraction of sp³-hybridized carbons (Fsp3) is 0.255. The molecule has 3 atom stereocenters. The standard InChI is InChI=1S/C47H43ClN4O8/c1-26-27(2)49-18-17-37(26)31-11-9-30(10-12-31)19-39(47(55)56)51-45(53)40-20-34-21-41-42(22-35(34)23-52(40)46(54)44-28(3)59-29(4)50-44)60-43(25-58-41)32-13-15-36(16-14-32)57-24-33-7-5-6-8-38(33)48/h5-18,21-22,39-40,43H,19-20,23-25H2,1-4H3,(H,51,53)(H,55,56). The number of fused-ring (bicyclic) bond motifs is 2. The van der Waals surface area contributed by atoms with Gasteiger partial charge in [0.05, 0.1) is 0 Å². The van der Waals surface area contributed by atoms with Crippen molar-refractivity contribution in [2.24, 2.45) is 0 Å². The Morgan fingerprint density at radius 3 is 2.42 bits per heavy atom. The molecule has 2 amide bonds. The fourth-order valence-corrected chi connectivity index (χ4v) is 7.85. The van der Waals surface area contributed by atoms with Gasteiger partial charge in [0.1, 0.15) is 36.8 Å². The summed E-state index contributed by atoms with van der Waals surface area (Å²) >= 11 is 6.28. The summed E-state index contributed by atoms with van der Waals surface area (Å²) in [4.78, 5) is 51.1. The van der Waals surface area contributed by atoms with Crippen LogP contribution in [0.15, 0.2) is 102 Å². The molecule has 2 N–H and O–H groups in total. The second-order valence-electron chi connectivity index (χ2n) is 15.1. The molecule has 306 valence electrons. The molecule has 0 spiro atoms. The Kier molecular flexibility index (Phi) is 11.3. The lowest BCUT2D eigenvalue weighted by Gasteiger charge is -2.37. The van der Waals surface area contributed by atoms with Crippen molar-refractivity contribution in [3.63, 3.8) is 0 Å². The lowest BCUT2D eigenvalue weighted by molar-refractivity contribution is -0.142. The second kappa shape index (κ2) is 16.9. The van der Waals surface area contributed by atoms with Crippen LogP contribution in [-0.2, 0) is 35.6 Å². The Morgan fingerprint density at radius 2 is 1.70 bits per heavy atom. The number of amides is 2. The van der Waals surface area contributed by atoms with E-state index in [9.17, 15) is 19.5 Å². The highest BCUT2D eigenvalue weighted by Crippen LogP contribution is 2.41. The molecule has 0 aliphatic carbocycles. The van der Waals surface area contributed by atoms with Crippen LogP contribution < -0.4 is 19.5 Å². The van der Waals surface area contributed by atoms with Crippen molar-refractivity contribution in [2.75, 3.05) is 6.61 Å². The summed E-state index contributed by atoms with van der Waals surface area (Å²) in [6.07, 6.45) is 1.48. The number of hydrogen-bond acceptors (Lipinski definition) is 9. The van der Waals surface area contributed by atoms with E-state index in [0.29, 0.717) is 40.5 Å². The average molecular weight is 827 g/mol. The predicted octanol–water partition coefficient (Wildman–Crippen LogP) is 8.09. The molecule has 4 aromatic carbocycles. The summed E-state index contributed by atoms with van der Waals surface area (Å²) in [6, 6.07) is 26.0. The van der Waals surface area contributed by atoms with Crippen LogP contribution in [-0.4, -0.2) is 56.4 Å². The molecule has 0 radical (unpaired) electrons. The van der Waals surface area contributed by atoms with Gasteiger partial charge in [0, 0.05) is 48.8 Å². The van der Waals surface area contributed by atoms with E-state index in [-0.39, 0.29) is 31.7 Å². The van der Waals surface area contributed by atoms with Crippen molar-refractivity contribution in [3.05, 3.63) is 159 Å². The quantitative estimate of drug-likeness (QED) is 0.131. The second-order valence-corrected chi connectivity index (χ2v) is 15.5. The van der Waals surface area contributed by atoms with Crippen LogP contribution in [0.2, 0.25) is 5.02 Å². The Labute approximate surface area is 352 Å². The van der Waals surface area contributed by atoms with E-state index < -0.39 is 36.0 Å². The average Bonchev–Trinajstić information content (AvgIpc) is 3.59. The van der Waals surface area contributed by atoms with E-state index in [0.717, 1.165) is 50.2 Å². The number of rotatable bonds is 11. The summed E-state index contributed by atoms with van der Waals surface area (Å²) < 4.78 is 24.2. The molecule has 0 saturated heterocycles. The zero-order chi connectivity index (χ0) is 42.1. The molecule has 0 saturated carbocycles. The zero-order valence-electron chi connectivity index (χ0n) is 33.5. The highest BCUT2D eigenvalue weighted by Gasteiger charge is 2.39. The smallest absolute Gasteiger partial charge is 0.326 e. The highest BCUT2D eigenvalue weighted by atomic mass is 35.5. The topological polar surface area (TPSA) is 153 Å². The number of carbonyl (C=O) groups is 3. The maximum Gasteiger partial charge on any atom is 0.326 e. The van der Waals surface area contributed by atoms with Gasteiger partial charge in [-0.3, -0.25) is 14.6 Å². The number of carboxylic acid groups (broad SMARTS) is 1. The van der Waals surface area contributed by atoms with Crippen molar-refractivity contribution >= 4 is 29.4 Å². The van der Waals surface area contributed by atoms with Gasteiger partial charge in [0.15, 0.2) is 29.2 Å². The van der Waals surface area contributed by atoms with E-state index in [1.165, 1.54) is 4.90 Å². The maximum absolute atomic E-state index is 14.2. The van der Waals surface area contributed by atoms with Gasteiger partial charge in [-0.05, 0) is 96.1 Å². The summed E-state index contributed by atoms with van der Waals surface area (Å²) in [7, 11) is 0. The number of aliphatic carboxylic acids is 1. The molecule has 6 aromatic rings. The Balaban J connectivity index is 0.999. The first-order chi connectivity index (χ1) is 28.9. The third-order valence-electron chi connectivity index (χ3n) is 11.1. The Hall–Kier alpha value is -6.66. The molecule has 4 heterocycles. The molecule has 2 aliphatic heterocycles. The van der Waals surface area contributed by atoms with Gasteiger partial charge in [-0.1, -0.05) is 66.2 Å². The van der Waals surface area contributed by atoms with Gasteiger partial charge in [0.25, 0.3) is 5.91 Å². The summed E-state index contributed by atoms with van der Waals surface area (Å²) in [5, 5.41) is 13.7. The number of aromatic nitrogens is 2. The molecule has 0 bridgehead atoms. The van der Waals surface area contributed by atoms with Crippen LogP contribution in [0.5, 0.6) is 17.2 Å². The van der Waals surface area contributed by atoms with Crippen LogP contribution in [0.4, 0.5) is 0 Å². The third-order valence-corrected chi connectivity index (χ3v) is 11.5. The number of carbonyl (C=O) groups excluding carboxylic acids is 2. The highest BCUT2D eigenvalue weighted by molar-refractivity contribution is 6.31. The largest absolute Gasteiger partial charge is 0.489 e. The molecule has 2 aromatic heterocycles. The number of halogens is 1. The molecule has 3 unspecified atom stereocenters. The minimum absolute atomic E-state index is 0.0312. The normalized spacial score (nSPS) is 16.1. The minimum atomic E-state index is -1.26. The van der Waals surface area contributed by atoms with E-state index in [1.54, 1.807) is 20.0 Å². The van der Waals surface area contributed by atoms with Crippen LogP contribution in [0.3, 0.4) is 0 Å². The maximum atomic E-state index is 14.2. The van der Waals surface area contributed by atoms with E-state index in [4.69, 9.17) is 30.2 Å². The van der Waals surface area contributed by atoms with Crippen molar-refractivity contribution in [1.82, 2.24) is 20.2 Å². The molecule has 13 heteroatoms. The van der Waals surface area contributed by atoms with Gasteiger partial charge >= 0.3 is 5.97 Å². The number of pyridine rings is 1. The van der Waals surface area contributed by atoms with Gasteiger partial charge in [-0.2, -0.15) is 0 Å². The number of oxazole rings is 1. The van der Waals surface area contributed by atoms with E-state index >= 15 is 0 Å². The fourth-order valence-electron chi connectivity index (χ4n) is 7.66. The monoisotopic (exact) mass is 826 g/mol. The van der Waals surface area contributed by atoms with Gasteiger partial charge in [-0.15, -0.1) is 0 Å². The van der Waals surface area contributed by atoms with E-state index in [2.05, 4.69) is 15.3 Å². The first-order valence-corrected chi connectivity index (χ1v) is 20.0. The molecule has 12 nitrogen and oxygen atoms in total. The number of carboxylic acids is 1. The Bertz CT molecular complexity index is 2590. The number of nitrogens with zero attached hydrogens (tertiary/aromatic N) is 3. The lowest BCUT2D eigenvalue weighted by Crippen LogP contribution is -2.56. The summed E-state index contributed by atoms with van der Waals surface area (Å²) in [6.45, 7) is 7.86. The number of ether oxygens (including phenoxy) is 3. The molecular formula is C47H43ClN4O8. The Morgan fingerprint density at radius 1 is 0.950 bits per heavy atom. The molecule has 2 aliphatic rings. The number of benzene rings is 4. The van der Waals surface area contributed by atoms with Gasteiger partial charge in [0.2, 0.25) is 5.91 Å². The van der Waals surface area contributed by atoms with Crippen molar-refractivity contribution in [2.45, 2.75) is 71.9 Å². The van der Waals surface area contributed by atoms with E-state index in [1.807, 2.05) is 105 Å². The van der Waals surface area contributed by atoms with Crippen LogP contribution >= 0.6 is 11.6 Å². The number of aryl methyl sites for hydroxylation is 3. The predicted molar refractivity (Wildman–Crippen MR) is 223 cm³/mol. The SMILES string of the molecule is Cc1nc(C(=O)N2Cc3cc4c(cc3CC2C(=O)NC(Cc2ccc(-c3ccnc(C)c3C)cc2)C(=O)O)OCC(c2ccc(OCc3ccccc3Cl)cc2)O4)c(C)o1. The van der Waals surface area contributed by atoms with Crippen molar-refractivity contribution < 1.29 is 38.1 Å². The molecule has 60 heavy (non-hydrogen) atoms. The van der Waals surface area contributed by atoms with Crippen molar-refractivity contribution in [1.29, 1.82) is 0 Å². The van der Waals surface area contributed by atoms with Gasteiger partial charge < -0.3 is 34.0 Å². The summed E-state index contributed by atoms with van der Waals surface area (Å²) in [5.74, 6) is 0.00850. The number of nitrogens with one attached hydrogen (secondary N) is 1. The van der Waals surface area contributed by atoms with Crippen molar-refractivity contribution in [3.8, 4) is 28.4 Å². The number of hydrogen-bond donors (Lipinski definition) is 2. The first-order valence-electron chi connectivity index (χ1n) is 19.6. The molecule has 0 fully saturated rings. The first kappa shape index (κ1) is 40.1. The van der Waals surface area contributed by atoms with Crippen LogP contribution in [0.1, 0.15) is 67.3 Å². The lowest BCUT2D eigenvalue weighted by atomic mass is 9.91. The van der Waals surface area contributed by atoms with Crippen LogP contribution in [0, 0.1) is 27.7 Å². The zero-order valence-corrected chi connectivity index (χ0v) is 34.3. The van der Waals surface area contributed by atoms with Gasteiger partial charge in [-0.25, -0.2) is 9.78 Å². The molecular weight excluding hydrogens is 784 g/mol. The van der Waals surface area contributed by atoms with Crippen LogP contribution in [0.25, 0.3) is 11.1 Å². The third kappa shape index (κ3) is 8.42. The summed E-state index contributed by atoms with van der Waals surface area (Å²) in [5.41, 5.74) is 8.13.